The maximum Gasteiger partial charge on any atom is 0.307 e. The Bertz CT molecular complexity index is 357. The fraction of sp³-hybridized carbons (Fsp3) is 0.714. The van der Waals surface area contributed by atoms with Gasteiger partial charge in [0.2, 0.25) is 5.91 Å². The van der Waals surface area contributed by atoms with Crippen LogP contribution in [0.5, 0.6) is 0 Å². The molecule has 4 nitrogen and oxygen atoms in total. The minimum absolute atomic E-state index is 0.0367. The molecule has 19 heavy (non-hydrogen) atoms. The molecule has 0 aliphatic heterocycles. The Morgan fingerprint density at radius 2 is 1.95 bits per heavy atom. The van der Waals surface area contributed by atoms with E-state index in [2.05, 4.69) is 0 Å². The van der Waals surface area contributed by atoms with Crippen LogP contribution in [0.4, 0.5) is 0 Å². The fourth-order valence-corrected chi connectivity index (χ4v) is 2.90. The van der Waals surface area contributed by atoms with Gasteiger partial charge in [-0.3, -0.25) is 9.59 Å². The number of thioether (sulfide) groups is 1. The maximum atomic E-state index is 12.4. The molecule has 5 heteroatoms. The number of hydrogen-bond donors (Lipinski definition) is 1. The molecule has 0 aromatic rings. The summed E-state index contributed by atoms with van der Waals surface area (Å²) in [6.45, 7) is 2.02. The Morgan fingerprint density at radius 1 is 1.37 bits per heavy atom. The standard InChI is InChI=1S/C14H23NO3S/c1-10(8-9-19-3)15(2)13(16)11-6-4-5-7-12(11)14(17)18/h4-5,10-12H,6-9H2,1-3H3,(H,17,18)/t10?,11-,12+/m1/s1. The van der Waals surface area contributed by atoms with E-state index in [0.717, 1.165) is 12.2 Å². The van der Waals surface area contributed by atoms with Crippen LogP contribution in [0, 0.1) is 11.8 Å². The van der Waals surface area contributed by atoms with Crippen molar-refractivity contribution in [2.75, 3.05) is 19.1 Å². The molecule has 0 saturated heterocycles. The van der Waals surface area contributed by atoms with Crippen molar-refractivity contribution in [3.63, 3.8) is 0 Å². The van der Waals surface area contributed by atoms with Crippen molar-refractivity contribution in [2.45, 2.75) is 32.2 Å². The number of hydrogen-bond acceptors (Lipinski definition) is 3. The van der Waals surface area contributed by atoms with Gasteiger partial charge in [0.15, 0.2) is 0 Å². The molecule has 0 spiro atoms. The highest BCUT2D eigenvalue weighted by Crippen LogP contribution is 2.28. The molecule has 108 valence electrons. The van der Waals surface area contributed by atoms with Gasteiger partial charge in [0.05, 0.1) is 11.8 Å². The molecule has 1 amide bonds. The number of nitrogens with zero attached hydrogens (tertiary/aromatic N) is 1. The highest BCUT2D eigenvalue weighted by molar-refractivity contribution is 7.98. The molecule has 3 atom stereocenters. The van der Waals surface area contributed by atoms with Crippen LogP contribution in [0.1, 0.15) is 26.2 Å². The van der Waals surface area contributed by atoms with E-state index in [1.807, 2.05) is 25.3 Å². The van der Waals surface area contributed by atoms with E-state index in [1.165, 1.54) is 0 Å². The fourth-order valence-electron chi connectivity index (χ4n) is 2.32. The molecule has 0 saturated carbocycles. The minimum Gasteiger partial charge on any atom is -0.481 e. The lowest BCUT2D eigenvalue weighted by molar-refractivity contribution is -0.150. The number of carboxylic acid groups (broad SMARTS) is 1. The van der Waals surface area contributed by atoms with Crippen molar-refractivity contribution in [3.05, 3.63) is 12.2 Å². The summed E-state index contributed by atoms with van der Waals surface area (Å²) in [5, 5.41) is 9.21. The van der Waals surface area contributed by atoms with Crippen LogP contribution >= 0.6 is 11.8 Å². The van der Waals surface area contributed by atoms with Crippen LogP contribution in [0.15, 0.2) is 12.2 Å². The minimum atomic E-state index is -0.868. The van der Waals surface area contributed by atoms with E-state index in [-0.39, 0.29) is 11.9 Å². The molecule has 0 aromatic heterocycles. The number of carbonyl (C=O) groups excluding carboxylic acids is 1. The first-order valence-electron chi connectivity index (χ1n) is 6.62. The van der Waals surface area contributed by atoms with Gasteiger partial charge in [-0.2, -0.15) is 11.8 Å². The summed E-state index contributed by atoms with van der Waals surface area (Å²) in [5.41, 5.74) is 0. The molecule has 0 aromatic carbocycles. The van der Waals surface area contributed by atoms with Crippen LogP contribution in [-0.4, -0.2) is 47.0 Å². The quantitative estimate of drug-likeness (QED) is 0.761. The first kappa shape index (κ1) is 16.1. The van der Waals surface area contributed by atoms with Gasteiger partial charge in [-0.05, 0) is 38.2 Å². The molecule has 1 aliphatic rings. The summed E-state index contributed by atoms with van der Waals surface area (Å²) in [4.78, 5) is 25.4. The predicted molar refractivity (Wildman–Crippen MR) is 78.2 cm³/mol. The second-order valence-electron chi connectivity index (χ2n) is 5.07. The summed E-state index contributed by atoms with van der Waals surface area (Å²) < 4.78 is 0. The number of carboxylic acids is 1. The molecule has 1 unspecified atom stereocenters. The topological polar surface area (TPSA) is 57.6 Å². The lowest BCUT2D eigenvalue weighted by atomic mass is 9.82. The van der Waals surface area contributed by atoms with Crippen LogP contribution in [0.3, 0.4) is 0 Å². The van der Waals surface area contributed by atoms with Gasteiger partial charge in [0.25, 0.3) is 0 Å². The van der Waals surface area contributed by atoms with Gasteiger partial charge in [0, 0.05) is 13.1 Å². The van der Waals surface area contributed by atoms with E-state index in [9.17, 15) is 14.7 Å². The van der Waals surface area contributed by atoms with Gasteiger partial charge < -0.3 is 10.0 Å². The largest absolute Gasteiger partial charge is 0.481 e. The van der Waals surface area contributed by atoms with Crippen LogP contribution in [0.2, 0.25) is 0 Å². The Kier molecular flexibility index (Phi) is 6.42. The van der Waals surface area contributed by atoms with Crippen molar-refractivity contribution in [1.82, 2.24) is 4.90 Å². The molecular weight excluding hydrogens is 262 g/mol. The summed E-state index contributed by atoms with van der Waals surface area (Å²) in [6, 6.07) is 0.153. The zero-order valence-corrected chi connectivity index (χ0v) is 12.7. The van der Waals surface area contributed by atoms with Crippen molar-refractivity contribution < 1.29 is 14.7 Å². The van der Waals surface area contributed by atoms with E-state index < -0.39 is 17.8 Å². The zero-order chi connectivity index (χ0) is 14.4. The molecule has 0 fully saturated rings. The second kappa shape index (κ2) is 7.58. The van der Waals surface area contributed by atoms with Crippen LogP contribution < -0.4 is 0 Å². The summed E-state index contributed by atoms with van der Waals surface area (Å²) in [5.74, 6) is -0.888. The monoisotopic (exact) mass is 285 g/mol. The zero-order valence-electron chi connectivity index (χ0n) is 11.8. The van der Waals surface area contributed by atoms with Gasteiger partial charge in [0.1, 0.15) is 0 Å². The van der Waals surface area contributed by atoms with E-state index in [1.54, 1.807) is 23.7 Å². The molecule has 1 aliphatic carbocycles. The molecule has 1 rings (SSSR count). The van der Waals surface area contributed by atoms with Crippen molar-refractivity contribution in [1.29, 1.82) is 0 Å². The highest BCUT2D eigenvalue weighted by Gasteiger charge is 2.36. The molecule has 0 heterocycles. The Morgan fingerprint density at radius 3 is 2.47 bits per heavy atom. The normalized spacial score (nSPS) is 23.9. The van der Waals surface area contributed by atoms with Crippen molar-refractivity contribution in [2.24, 2.45) is 11.8 Å². The van der Waals surface area contributed by atoms with E-state index >= 15 is 0 Å². The molecular formula is C14H23NO3S. The first-order chi connectivity index (χ1) is 8.99. The number of carbonyl (C=O) groups is 2. The van der Waals surface area contributed by atoms with Crippen molar-refractivity contribution in [3.8, 4) is 0 Å². The third-order valence-corrected chi connectivity index (χ3v) is 4.46. The van der Waals surface area contributed by atoms with Gasteiger partial charge in [-0.1, -0.05) is 12.2 Å². The number of rotatable bonds is 6. The lowest BCUT2D eigenvalue weighted by Gasteiger charge is -2.32. The van der Waals surface area contributed by atoms with Crippen molar-refractivity contribution >= 4 is 23.6 Å². The Balaban J connectivity index is 2.69. The van der Waals surface area contributed by atoms with Gasteiger partial charge in [-0.15, -0.1) is 0 Å². The number of amides is 1. The molecule has 1 N–H and O–H groups in total. The van der Waals surface area contributed by atoms with E-state index in [0.29, 0.717) is 12.8 Å². The first-order valence-corrected chi connectivity index (χ1v) is 8.01. The van der Waals surface area contributed by atoms with Gasteiger partial charge in [-0.25, -0.2) is 0 Å². The third kappa shape index (κ3) is 4.27. The third-order valence-electron chi connectivity index (χ3n) is 3.82. The Hall–Kier alpha value is -0.970. The highest BCUT2D eigenvalue weighted by atomic mass is 32.2. The summed E-state index contributed by atoms with van der Waals surface area (Å²) in [7, 11) is 1.78. The van der Waals surface area contributed by atoms with Gasteiger partial charge >= 0.3 is 5.97 Å². The van der Waals surface area contributed by atoms with Crippen LogP contribution in [-0.2, 0) is 9.59 Å². The predicted octanol–water partition coefficient (Wildman–Crippen LogP) is 2.25. The SMILES string of the molecule is CSCCC(C)N(C)C(=O)[C@@H]1CC=CC[C@@H]1C(=O)O. The maximum absolute atomic E-state index is 12.4. The van der Waals surface area contributed by atoms with E-state index in [4.69, 9.17) is 0 Å². The second-order valence-corrected chi connectivity index (χ2v) is 6.06. The molecule has 0 bridgehead atoms. The van der Waals surface area contributed by atoms with Crippen LogP contribution in [0.25, 0.3) is 0 Å². The lowest BCUT2D eigenvalue weighted by Crippen LogP contribution is -2.43. The number of allylic oxidation sites excluding steroid dienone is 2. The Labute approximate surface area is 119 Å². The average Bonchev–Trinajstić information content (AvgIpc) is 2.42. The summed E-state index contributed by atoms with van der Waals surface area (Å²) >= 11 is 1.76. The smallest absolute Gasteiger partial charge is 0.307 e. The molecule has 0 radical (unpaired) electrons. The average molecular weight is 285 g/mol. The number of aliphatic carboxylic acids is 1. The summed E-state index contributed by atoms with van der Waals surface area (Å²) in [6.07, 6.45) is 7.75.